The van der Waals surface area contributed by atoms with Crippen molar-refractivity contribution < 1.29 is 4.79 Å². The molecule has 0 aliphatic carbocycles. The van der Waals surface area contributed by atoms with Crippen molar-refractivity contribution in [2.75, 3.05) is 12.3 Å². The van der Waals surface area contributed by atoms with E-state index in [0.717, 1.165) is 17.0 Å². The number of hydrogen-bond donors (Lipinski definition) is 1. The van der Waals surface area contributed by atoms with Crippen molar-refractivity contribution in [2.24, 2.45) is 7.05 Å². The van der Waals surface area contributed by atoms with Crippen molar-refractivity contribution in [2.45, 2.75) is 28.6 Å². The zero-order valence-corrected chi connectivity index (χ0v) is 13.1. The third kappa shape index (κ3) is 3.27. The Balaban J connectivity index is 2.12. The number of fused-ring (bicyclic) bond motifs is 1. The van der Waals surface area contributed by atoms with E-state index in [0.29, 0.717) is 17.0 Å². The summed E-state index contributed by atoms with van der Waals surface area (Å²) in [5, 5.41) is 3.68. The molecule has 1 N–H and O–H groups in total. The molecule has 1 aromatic heterocycles. The lowest BCUT2D eigenvalue weighted by molar-refractivity contribution is -0.118. The van der Waals surface area contributed by atoms with Gasteiger partial charge in [0.25, 0.3) is 5.56 Å². The topological polar surface area (TPSA) is 64.0 Å². The SMILES string of the molecule is C=CCNC(=O)CSc1nc2c(c(=O)n1C)SC(C)C2. The van der Waals surface area contributed by atoms with Gasteiger partial charge in [-0.1, -0.05) is 24.8 Å². The maximum Gasteiger partial charge on any atom is 0.267 e. The van der Waals surface area contributed by atoms with Gasteiger partial charge in [0.05, 0.1) is 16.3 Å². The van der Waals surface area contributed by atoms with Crippen LogP contribution in [0.25, 0.3) is 0 Å². The predicted octanol–water partition coefficient (Wildman–Crippen LogP) is 1.21. The molecule has 5 nitrogen and oxygen atoms in total. The van der Waals surface area contributed by atoms with Crippen LogP contribution in [0.2, 0.25) is 0 Å². The average Bonchev–Trinajstić information content (AvgIpc) is 2.79. The van der Waals surface area contributed by atoms with Gasteiger partial charge in [0, 0.05) is 25.3 Å². The molecule has 20 heavy (non-hydrogen) atoms. The highest BCUT2D eigenvalue weighted by Gasteiger charge is 2.25. The summed E-state index contributed by atoms with van der Waals surface area (Å²) in [6.07, 6.45) is 2.44. The second-order valence-corrected chi connectivity index (χ2v) is 6.94. The quantitative estimate of drug-likeness (QED) is 0.503. The monoisotopic (exact) mass is 311 g/mol. The fourth-order valence-electron chi connectivity index (χ4n) is 1.87. The molecule has 0 aromatic carbocycles. The molecule has 0 fully saturated rings. The standard InChI is InChI=1S/C13H17N3O2S2/c1-4-5-14-10(17)7-19-13-15-9-6-8(2)20-11(9)12(18)16(13)3/h4,8H,1,5-7H2,2-3H3,(H,14,17). The molecule has 1 atom stereocenters. The molecular formula is C13H17N3O2S2. The Hall–Kier alpha value is -1.21. The molecule has 1 aliphatic rings. The van der Waals surface area contributed by atoms with Crippen LogP contribution < -0.4 is 10.9 Å². The van der Waals surface area contributed by atoms with Crippen LogP contribution in [-0.4, -0.2) is 33.0 Å². The van der Waals surface area contributed by atoms with Crippen LogP contribution in [-0.2, 0) is 18.3 Å². The highest BCUT2D eigenvalue weighted by atomic mass is 32.2. The molecule has 1 aliphatic heterocycles. The molecule has 0 saturated carbocycles. The van der Waals surface area contributed by atoms with E-state index in [4.69, 9.17) is 0 Å². The van der Waals surface area contributed by atoms with Gasteiger partial charge in [-0.25, -0.2) is 4.98 Å². The van der Waals surface area contributed by atoms with Gasteiger partial charge in [-0.05, 0) is 0 Å². The molecule has 0 saturated heterocycles. The fraction of sp³-hybridized carbons (Fsp3) is 0.462. The number of carbonyl (C=O) groups is 1. The van der Waals surface area contributed by atoms with Crippen molar-refractivity contribution in [3.05, 3.63) is 28.7 Å². The molecule has 2 rings (SSSR count). The number of hydrogen-bond acceptors (Lipinski definition) is 5. The summed E-state index contributed by atoms with van der Waals surface area (Å²) in [5.41, 5.74) is 0.845. The van der Waals surface area contributed by atoms with Crippen LogP contribution in [0.5, 0.6) is 0 Å². The molecule has 0 spiro atoms. The lowest BCUT2D eigenvalue weighted by atomic mass is 10.2. The Morgan fingerprint density at radius 1 is 1.70 bits per heavy atom. The van der Waals surface area contributed by atoms with Crippen LogP contribution in [0.15, 0.2) is 27.5 Å². The van der Waals surface area contributed by atoms with Crippen molar-refractivity contribution in [1.29, 1.82) is 0 Å². The highest BCUT2D eigenvalue weighted by molar-refractivity contribution is 8.00. The second kappa shape index (κ2) is 6.49. The first kappa shape index (κ1) is 15.2. The zero-order valence-electron chi connectivity index (χ0n) is 11.5. The van der Waals surface area contributed by atoms with Crippen molar-refractivity contribution in [3.63, 3.8) is 0 Å². The summed E-state index contributed by atoms with van der Waals surface area (Å²) in [6, 6.07) is 0. The third-order valence-corrected chi connectivity index (χ3v) is 5.10. The summed E-state index contributed by atoms with van der Waals surface area (Å²) in [4.78, 5) is 29.0. The summed E-state index contributed by atoms with van der Waals surface area (Å²) in [7, 11) is 1.70. The minimum Gasteiger partial charge on any atom is -0.352 e. The van der Waals surface area contributed by atoms with E-state index in [1.165, 1.54) is 16.3 Å². The number of nitrogens with zero attached hydrogens (tertiary/aromatic N) is 2. The van der Waals surface area contributed by atoms with Gasteiger partial charge in [0.1, 0.15) is 0 Å². The van der Waals surface area contributed by atoms with Crippen LogP contribution in [0.1, 0.15) is 12.6 Å². The Morgan fingerprint density at radius 3 is 3.15 bits per heavy atom. The van der Waals surface area contributed by atoms with Crippen molar-refractivity contribution >= 4 is 29.4 Å². The number of amides is 1. The fourth-order valence-corrected chi connectivity index (χ4v) is 3.83. The summed E-state index contributed by atoms with van der Waals surface area (Å²) < 4.78 is 1.52. The van der Waals surface area contributed by atoms with E-state index in [1.807, 2.05) is 0 Å². The first-order valence-corrected chi connectivity index (χ1v) is 8.16. The largest absolute Gasteiger partial charge is 0.352 e. The minimum atomic E-state index is -0.0904. The summed E-state index contributed by atoms with van der Waals surface area (Å²) in [6.45, 7) is 6.07. The smallest absolute Gasteiger partial charge is 0.267 e. The second-order valence-electron chi connectivity index (χ2n) is 4.55. The molecule has 1 aromatic rings. The zero-order chi connectivity index (χ0) is 14.7. The first-order chi connectivity index (χ1) is 9.52. The van der Waals surface area contributed by atoms with E-state index in [9.17, 15) is 9.59 Å². The van der Waals surface area contributed by atoms with Gasteiger partial charge in [0.15, 0.2) is 5.16 Å². The normalized spacial score (nSPS) is 16.8. The number of rotatable bonds is 5. The lowest BCUT2D eigenvalue weighted by Crippen LogP contribution is -2.26. The molecular weight excluding hydrogens is 294 g/mol. The van der Waals surface area contributed by atoms with Crippen LogP contribution >= 0.6 is 23.5 Å². The van der Waals surface area contributed by atoms with Gasteiger partial charge in [-0.2, -0.15) is 0 Å². The Bertz CT molecular complexity index is 598. The van der Waals surface area contributed by atoms with Gasteiger partial charge in [0.2, 0.25) is 5.91 Å². The van der Waals surface area contributed by atoms with Crippen molar-refractivity contribution in [1.82, 2.24) is 14.9 Å². The molecule has 0 bridgehead atoms. The van der Waals surface area contributed by atoms with Crippen LogP contribution in [0.3, 0.4) is 0 Å². The van der Waals surface area contributed by atoms with Gasteiger partial charge in [-0.3, -0.25) is 14.2 Å². The van der Waals surface area contributed by atoms with E-state index >= 15 is 0 Å². The number of carbonyl (C=O) groups excluding carboxylic acids is 1. The van der Waals surface area contributed by atoms with Gasteiger partial charge < -0.3 is 5.32 Å². The Labute approximate surface area is 126 Å². The van der Waals surface area contributed by atoms with E-state index < -0.39 is 0 Å². The average molecular weight is 311 g/mol. The maximum absolute atomic E-state index is 12.2. The number of nitrogens with one attached hydrogen (secondary N) is 1. The third-order valence-electron chi connectivity index (χ3n) is 2.85. The maximum atomic E-state index is 12.2. The summed E-state index contributed by atoms with van der Waals surface area (Å²) >= 11 is 2.86. The first-order valence-electron chi connectivity index (χ1n) is 6.30. The van der Waals surface area contributed by atoms with Gasteiger partial charge >= 0.3 is 0 Å². The van der Waals surface area contributed by atoms with E-state index in [-0.39, 0.29) is 17.2 Å². The highest BCUT2D eigenvalue weighted by Crippen LogP contribution is 2.33. The van der Waals surface area contributed by atoms with E-state index in [2.05, 4.69) is 23.8 Å². The molecule has 2 heterocycles. The molecule has 1 unspecified atom stereocenters. The molecule has 0 radical (unpaired) electrons. The summed E-state index contributed by atoms with van der Waals surface area (Å²) in [5.74, 6) is 0.155. The van der Waals surface area contributed by atoms with E-state index in [1.54, 1.807) is 24.9 Å². The molecule has 7 heteroatoms. The van der Waals surface area contributed by atoms with Crippen molar-refractivity contribution in [3.8, 4) is 0 Å². The minimum absolute atomic E-state index is 0.0154. The Morgan fingerprint density at radius 2 is 2.45 bits per heavy atom. The molecule has 1 amide bonds. The number of aromatic nitrogens is 2. The van der Waals surface area contributed by atoms with Crippen LogP contribution in [0.4, 0.5) is 0 Å². The Kier molecular flexibility index (Phi) is 4.93. The predicted molar refractivity (Wildman–Crippen MR) is 82.4 cm³/mol. The molecule has 108 valence electrons. The number of thioether (sulfide) groups is 2. The van der Waals surface area contributed by atoms with Gasteiger partial charge in [-0.15, -0.1) is 18.3 Å². The van der Waals surface area contributed by atoms with Crippen LogP contribution in [0, 0.1) is 0 Å². The lowest BCUT2D eigenvalue weighted by Gasteiger charge is -2.08.